The average Bonchev–Trinajstić information content (AvgIpc) is 3.24. The third-order valence-electron chi connectivity index (χ3n) is 5.76. The summed E-state index contributed by atoms with van der Waals surface area (Å²) >= 11 is 1.31. The van der Waals surface area contributed by atoms with Gasteiger partial charge in [0.15, 0.2) is 10.8 Å². The molecule has 4 aromatic rings. The van der Waals surface area contributed by atoms with Crippen molar-refractivity contribution in [3.05, 3.63) is 66.0 Å². The van der Waals surface area contributed by atoms with E-state index in [1.807, 2.05) is 61.5 Å². The summed E-state index contributed by atoms with van der Waals surface area (Å²) in [5.74, 6) is 0.749. The summed E-state index contributed by atoms with van der Waals surface area (Å²) in [6.07, 6.45) is 0. The molecule has 1 aliphatic rings. The number of rotatable bonds is 6. The smallest absolute Gasteiger partial charge is 0.233 e. The number of benzene rings is 2. The molecule has 11 heteroatoms. The quantitative estimate of drug-likeness (QED) is 0.298. The van der Waals surface area contributed by atoms with Crippen LogP contribution in [-0.4, -0.2) is 75.0 Å². The number of fused-ring (bicyclic) bond motifs is 3. The Labute approximate surface area is 201 Å². The molecule has 2 aromatic carbocycles. The Morgan fingerprint density at radius 1 is 0.971 bits per heavy atom. The van der Waals surface area contributed by atoms with Gasteiger partial charge in [0.2, 0.25) is 15.9 Å². The number of hydrogen-bond acceptors (Lipinski definition) is 7. The number of sulfonamides is 1. The summed E-state index contributed by atoms with van der Waals surface area (Å²) in [5.41, 5.74) is 2.28. The second-order valence-corrected chi connectivity index (χ2v) is 11.0. The van der Waals surface area contributed by atoms with Crippen molar-refractivity contribution in [3.8, 4) is 0 Å². The topological polar surface area (TPSA) is 101 Å². The largest absolute Gasteiger partial charge is 0.339 e. The normalized spacial score (nSPS) is 15.3. The van der Waals surface area contributed by atoms with Crippen LogP contribution in [0.4, 0.5) is 0 Å². The number of aryl methyl sites for hydroxylation is 1. The zero-order valence-electron chi connectivity index (χ0n) is 18.7. The molecule has 0 atom stereocenters. The lowest BCUT2D eigenvalue weighted by Gasteiger charge is -2.34. The number of aromatic nitrogens is 4. The molecular weight excluding hydrogens is 472 g/mol. The van der Waals surface area contributed by atoms with Crippen LogP contribution in [-0.2, 0) is 20.6 Å². The van der Waals surface area contributed by atoms with E-state index in [4.69, 9.17) is 0 Å². The van der Waals surface area contributed by atoms with E-state index in [0.29, 0.717) is 37.2 Å². The maximum Gasteiger partial charge on any atom is 0.233 e. The van der Waals surface area contributed by atoms with Gasteiger partial charge < -0.3 is 4.90 Å². The number of carbonyl (C=O) groups is 1. The number of nitrogens with zero attached hydrogens (tertiary/aromatic N) is 6. The molecular formula is C23H24N6O3S2. The highest BCUT2D eigenvalue weighted by Gasteiger charge is 2.29. The second kappa shape index (κ2) is 9.32. The van der Waals surface area contributed by atoms with Crippen molar-refractivity contribution in [1.82, 2.24) is 28.8 Å². The second-order valence-electron chi connectivity index (χ2n) is 8.12. The van der Waals surface area contributed by atoms with Gasteiger partial charge in [0.05, 0.1) is 17.0 Å². The molecule has 5 rings (SSSR count). The molecule has 0 unspecified atom stereocenters. The van der Waals surface area contributed by atoms with Crippen LogP contribution in [0.15, 0.2) is 59.8 Å². The van der Waals surface area contributed by atoms with Crippen LogP contribution >= 0.6 is 11.8 Å². The van der Waals surface area contributed by atoms with Crippen molar-refractivity contribution in [2.75, 3.05) is 31.9 Å². The molecule has 0 aliphatic carbocycles. The van der Waals surface area contributed by atoms with E-state index in [0.717, 1.165) is 22.1 Å². The lowest BCUT2D eigenvalue weighted by Crippen LogP contribution is -2.51. The molecule has 2 aromatic heterocycles. The highest BCUT2D eigenvalue weighted by molar-refractivity contribution is 7.99. The molecule has 0 bridgehead atoms. The number of para-hydroxylation sites is 1. The fraction of sp³-hybridized carbons (Fsp3) is 0.304. The zero-order valence-corrected chi connectivity index (χ0v) is 20.3. The molecule has 9 nitrogen and oxygen atoms in total. The minimum Gasteiger partial charge on any atom is -0.339 e. The van der Waals surface area contributed by atoms with Crippen LogP contribution in [0.3, 0.4) is 0 Å². The van der Waals surface area contributed by atoms with Crippen molar-refractivity contribution in [2.24, 2.45) is 0 Å². The van der Waals surface area contributed by atoms with Gasteiger partial charge in [-0.3, -0.25) is 4.79 Å². The fourth-order valence-corrected chi connectivity index (χ4v) is 6.40. The van der Waals surface area contributed by atoms with E-state index in [9.17, 15) is 13.2 Å². The molecule has 34 heavy (non-hydrogen) atoms. The van der Waals surface area contributed by atoms with Crippen LogP contribution in [0, 0.1) is 6.92 Å². The van der Waals surface area contributed by atoms with E-state index < -0.39 is 10.0 Å². The molecule has 1 amide bonds. The lowest BCUT2D eigenvalue weighted by molar-refractivity contribution is -0.129. The molecule has 1 saturated heterocycles. The van der Waals surface area contributed by atoms with Crippen LogP contribution in [0.1, 0.15) is 11.4 Å². The zero-order chi connectivity index (χ0) is 23.7. The number of thioether (sulfide) groups is 1. The first-order valence-electron chi connectivity index (χ1n) is 11.0. The van der Waals surface area contributed by atoms with Crippen molar-refractivity contribution in [2.45, 2.75) is 17.8 Å². The molecule has 0 radical (unpaired) electrons. The number of hydrogen-bond donors (Lipinski definition) is 0. The summed E-state index contributed by atoms with van der Waals surface area (Å²) in [4.78, 5) is 23.8. The van der Waals surface area contributed by atoms with Gasteiger partial charge in [-0.15, -0.1) is 5.10 Å². The Hall–Kier alpha value is -3.02. The Balaban J connectivity index is 1.23. The van der Waals surface area contributed by atoms with Crippen molar-refractivity contribution < 1.29 is 13.2 Å². The maximum absolute atomic E-state index is 12.9. The summed E-state index contributed by atoms with van der Waals surface area (Å²) in [5, 5.41) is 5.96. The van der Waals surface area contributed by atoms with E-state index >= 15 is 0 Å². The van der Waals surface area contributed by atoms with Crippen molar-refractivity contribution in [1.29, 1.82) is 0 Å². The fourth-order valence-electron chi connectivity index (χ4n) is 4.04. The van der Waals surface area contributed by atoms with Gasteiger partial charge in [-0.25, -0.2) is 18.4 Å². The predicted octanol–water partition coefficient (Wildman–Crippen LogP) is 2.35. The summed E-state index contributed by atoms with van der Waals surface area (Å²) < 4.78 is 28.7. The molecule has 0 N–H and O–H groups in total. The Kier molecular flexibility index (Phi) is 6.24. The summed E-state index contributed by atoms with van der Waals surface area (Å²) in [6.45, 7) is 3.16. The van der Waals surface area contributed by atoms with Crippen LogP contribution < -0.4 is 0 Å². The average molecular weight is 497 g/mol. The van der Waals surface area contributed by atoms with Gasteiger partial charge in [-0.2, -0.15) is 8.82 Å². The number of amides is 1. The Morgan fingerprint density at radius 2 is 1.68 bits per heavy atom. The van der Waals surface area contributed by atoms with Crippen molar-refractivity contribution >= 4 is 44.2 Å². The van der Waals surface area contributed by atoms with Gasteiger partial charge in [0.1, 0.15) is 5.82 Å². The van der Waals surface area contributed by atoms with Crippen LogP contribution in [0.5, 0.6) is 0 Å². The predicted molar refractivity (Wildman–Crippen MR) is 131 cm³/mol. The van der Waals surface area contributed by atoms with E-state index in [-0.39, 0.29) is 17.4 Å². The SMILES string of the molecule is Cc1nc2c3ccccc3nc(SCC(=O)N3CCN(S(=O)(=O)Cc4ccccc4)CC3)n2n1. The van der Waals surface area contributed by atoms with Gasteiger partial charge >= 0.3 is 0 Å². The first-order valence-corrected chi connectivity index (χ1v) is 13.5. The molecule has 0 saturated carbocycles. The highest BCUT2D eigenvalue weighted by atomic mass is 32.2. The first-order chi connectivity index (χ1) is 16.4. The van der Waals surface area contributed by atoms with Crippen LogP contribution in [0.2, 0.25) is 0 Å². The Morgan fingerprint density at radius 3 is 2.44 bits per heavy atom. The molecule has 3 heterocycles. The minimum atomic E-state index is -3.42. The first kappa shape index (κ1) is 22.8. The molecule has 0 spiro atoms. The standard InChI is InChI=1S/C23H24N6O3S2/c1-17-24-22-19-9-5-6-10-20(19)25-23(29(22)26-17)33-15-21(30)27-11-13-28(14-12-27)34(31,32)16-18-7-3-2-4-8-18/h2-10H,11-16H2,1H3. The molecule has 1 fully saturated rings. The third kappa shape index (κ3) is 4.63. The lowest BCUT2D eigenvalue weighted by atomic mass is 10.2. The Bertz CT molecular complexity index is 1450. The van der Waals surface area contributed by atoms with E-state index in [2.05, 4.69) is 15.1 Å². The van der Waals surface area contributed by atoms with Crippen LogP contribution in [0.25, 0.3) is 16.6 Å². The number of piperazine rings is 1. The van der Waals surface area contributed by atoms with Gasteiger partial charge in [0, 0.05) is 31.6 Å². The van der Waals surface area contributed by atoms with Crippen molar-refractivity contribution in [3.63, 3.8) is 0 Å². The van der Waals surface area contributed by atoms with Gasteiger partial charge in [0.25, 0.3) is 0 Å². The summed E-state index contributed by atoms with van der Waals surface area (Å²) in [7, 11) is -3.42. The molecule has 176 valence electrons. The van der Waals surface area contributed by atoms with E-state index in [1.165, 1.54) is 16.1 Å². The van der Waals surface area contributed by atoms with E-state index in [1.54, 1.807) is 9.42 Å². The monoisotopic (exact) mass is 496 g/mol. The van der Waals surface area contributed by atoms with Gasteiger partial charge in [-0.05, 0) is 24.6 Å². The highest BCUT2D eigenvalue weighted by Crippen LogP contribution is 2.24. The number of carbonyl (C=O) groups excluding carboxylic acids is 1. The maximum atomic E-state index is 12.9. The molecule has 1 aliphatic heterocycles. The third-order valence-corrected chi connectivity index (χ3v) is 8.52. The van der Waals surface area contributed by atoms with Gasteiger partial charge in [-0.1, -0.05) is 54.2 Å². The minimum absolute atomic E-state index is 0.0292. The summed E-state index contributed by atoms with van der Waals surface area (Å²) in [6, 6.07) is 16.9.